The quantitative estimate of drug-likeness (QED) is 0.746. The summed E-state index contributed by atoms with van der Waals surface area (Å²) in [5.74, 6) is -0.257. The van der Waals surface area contributed by atoms with Crippen LogP contribution in [-0.2, 0) is 20.9 Å². The van der Waals surface area contributed by atoms with E-state index < -0.39 is 5.97 Å². The van der Waals surface area contributed by atoms with E-state index in [4.69, 9.17) is 21.1 Å². The monoisotopic (exact) mass is 347 g/mol. The first-order chi connectivity index (χ1) is 11.6. The number of hydrogen-bond acceptors (Lipinski definition) is 4. The topological polar surface area (TPSA) is 64.6 Å². The summed E-state index contributed by atoms with van der Waals surface area (Å²) >= 11 is 5.94. The summed E-state index contributed by atoms with van der Waals surface area (Å²) in [6.07, 6.45) is 0.122. The lowest BCUT2D eigenvalue weighted by molar-refractivity contribution is -0.145. The van der Waals surface area contributed by atoms with Crippen molar-refractivity contribution in [1.82, 2.24) is 5.32 Å². The van der Waals surface area contributed by atoms with Crippen LogP contribution in [0, 0.1) is 0 Å². The summed E-state index contributed by atoms with van der Waals surface area (Å²) in [6.45, 7) is 0.192. The first kappa shape index (κ1) is 17.8. The number of para-hydroxylation sites is 1. The van der Waals surface area contributed by atoms with Crippen LogP contribution in [0.4, 0.5) is 0 Å². The molecule has 24 heavy (non-hydrogen) atoms. The van der Waals surface area contributed by atoms with Crippen LogP contribution in [-0.4, -0.2) is 25.0 Å². The Labute approximate surface area is 145 Å². The predicted octanol–water partition coefficient (Wildman–Crippen LogP) is 2.97. The van der Waals surface area contributed by atoms with E-state index in [1.54, 1.807) is 24.3 Å². The normalized spacial score (nSPS) is 10.0. The fourth-order valence-electron chi connectivity index (χ4n) is 1.86. The van der Waals surface area contributed by atoms with E-state index >= 15 is 0 Å². The van der Waals surface area contributed by atoms with Crippen LogP contribution in [0.3, 0.4) is 0 Å². The Kier molecular flexibility index (Phi) is 7.11. The number of nitrogens with one attached hydrogen (secondary N) is 1. The smallest absolute Gasteiger partial charge is 0.325 e. The van der Waals surface area contributed by atoms with Gasteiger partial charge in [0, 0.05) is 0 Å². The van der Waals surface area contributed by atoms with Crippen LogP contribution in [0.15, 0.2) is 54.6 Å². The molecule has 0 spiro atoms. The molecule has 0 bridgehead atoms. The molecule has 0 aromatic heterocycles. The average Bonchev–Trinajstić information content (AvgIpc) is 2.61. The van der Waals surface area contributed by atoms with Crippen molar-refractivity contribution in [3.8, 4) is 5.75 Å². The Bertz CT molecular complexity index is 676. The zero-order valence-electron chi connectivity index (χ0n) is 13.0. The Hall–Kier alpha value is -2.53. The number of esters is 1. The Morgan fingerprint density at radius 1 is 1.00 bits per heavy atom. The number of hydrogen-bond donors (Lipinski definition) is 1. The zero-order chi connectivity index (χ0) is 17.2. The molecule has 0 saturated carbocycles. The summed E-state index contributed by atoms with van der Waals surface area (Å²) < 4.78 is 10.5. The fraction of sp³-hybridized carbons (Fsp3) is 0.222. The van der Waals surface area contributed by atoms with Gasteiger partial charge in [-0.15, -0.1) is 0 Å². The van der Waals surface area contributed by atoms with Crippen LogP contribution in [0.1, 0.15) is 12.0 Å². The van der Waals surface area contributed by atoms with Crippen LogP contribution in [0.5, 0.6) is 5.75 Å². The van der Waals surface area contributed by atoms with Crippen LogP contribution in [0.25, 0.3) is 0 Å². The van der Waals surface area contributed by atoms with Crippen molar-refractivity contribution in [3.05, 3.63) is 65.2 Å². The van der Waals surface area contributed by atoms with Gasteiger partial charge in [0.05, 0.1) is 18.1 Å². The van der Waals surface area contributed by atoms with Crippen molar-refractivity contribution < 1.29 is 19.1 Å². The van der Waals surface area contributed by atoms with Gasteiger partial charge >= 0.3 is 5.97 Å². The molecule has 126 valence electrons. The molecule has 2 aromatic rings. The van der Waals surface area contributed by atoms with Gasteiger partial charge in [0.15, 0.2) is 0 Å². The molecule has 0 atom stereocenters. The third-order valence-corrected chi connectivity index (χ3v) is 3.41. The minimum Gasteiger partial charge on any atom is -0.491 e. The van der Waals surface area contributed by atoms with E-state index in [-0.39, 0.29) is 32.1 Å². The van der Waals surface area contributed by atoms with Gasteiger partial charge in [-0.25, -0.2) is 0 Å². The van der Waals surface area contributed by atoms with Crippen LogP contribution >= 0.6 is 11.6 Å². The molecule has 2 rings (SSSR count). The van der Waals surface area contributed by atoms with E-state index in [2.05, 4.69) is 5.32 Å². The maximum atomic E-state index is 11.7. The van der Waals surface area contributed by atoms with Gasteiger partial charge in [-0.1, -0.05) is 54.1 Å². The molecule has 0 unspecified atom stereocenters. The van der Waals surface area contributed by atoms with E-state index in [0.29, 0.717) is 10.8 Å². The number of halogens is 1. The maximum Gasteiger partial charge on any atom is 0.325 e. The minimum atomic E-state index is -0.487. The second-order valence-electron chi connectivity index (χ2n) is 4.95. The standard InChI is InChI=1S/C18H18ClNO4/c19-15-8-4-5-9-16(15)23-11-10-17(21)20-12-18(22)24-13-14-6-2-1-3-7-14/h1-9H,10-13H2,(H,20,21). The highest BCUT2D eigenvalue weighted by Crippen LogP contribution is 2.22. The highest BCUT2D eigenvalue weighted by atomic mass is 35.5. The summed E-state index contributed by atoms with van der Waals surface area (Å²) in [4.78, 5) is 23.2. The molecule has 0 saturated heterocycles. The van der Waals surface area contributed by atoms with Gasteiger partial charge < -0.3 is 14.8 Å². The molecule has 0 aliphatic rings. The molecule has 1 amide bonds. The van der Waals surface area contributed by atoms with Gasteiger partial charge in [-0.3, -0.25) is 9.59 Å². The van der Waals surface area contributed by atoms with Gasteiger partial charge in [0.25, 0.3) is 0 Å². The van der Waals surface area contributed by atoms with Crippen LogP contribution < -0.4 is 10.1 Å². The molecular weight excluding hydrogens is 330 g/mol. The molecular formula is C18H18ClNO4. The molecule has 0 heterocycles. The van der Waals surface area contributed by atoms with Gasteiger partial charge in [-0.2, -0.15) is 0 Å². The number of amides is 1. The van der Waals surface area contributed by atoms with Crippen molar-refractivity contribution in [1.29, 1.82) is 0 Å². The Morgan fingerprint density at radius 2 is 1.71 bits per heavy atom. The van der Waals surface area contributed by atoms with Gasteiger partial charge in [0.1, 0.15) is 18.9 Å². The van der Waals surface area contributed by atoms with Crippen molar-refractivity contribution in [2.45, 2.75) is 13.0 Å². The number of carbonyl (C=O) groups is 2. The molecule has 0 radical (unpaired) electrons. The molecule has 0 aliphatic carbocycles. The third-order valence-electron chi connectivity index (χ3n) is 3.10. The Morgan fingerprint density at radius 3 is 2.46 bits per heavy atom. The highest BCUT2D eigenvalue weighted by molar-refractivity contribution is 6.32. The SMILES string of the molecule is O=C(CCOc1ccccc1Cl)NCC(=O)OCc1ccccc1. The second kappa shape index (κ2) is 9.57. The number of rotatable bonds is 8. The van der Waals surface area contributed by atoms with Crippen molar-refractivity contribution in [2.75, 3.05) is 13.2 Å². The molecule has 2 aromatic carbocycles. The molecule has 5 nitrogen and oxygen atoms in total. The maximum absolute atomic E-state index is 11.7. The molecule has 0 fully saturated rings. The third kappa shape index (κ3) is 6.30. The van der Waals surface area contributed by atoms with Gasteiger partial charge in [0.2, 0.25) is 5.91 Å². The van der Waals surface area contributed by atoms with E-state index in [1.165, 1.54) is 0 Å². The summed E-state index contributed by atoms with van der Waals surface area (Å²) in [5.41, 5.74) is 0.894. The summed E-state index contributed by atoms with van der Waals surface area (Å²) in [7, 11) is 0. The largest absolute Gasteiger partial charge is 0.491 e. The number of benzene rings is 2. The second-order valence-corrected chi connectivity index (χ2v) is 5.36. The lowest BCUT2D eigenvalue weighted by atomic mass is 10.2. The highest BCUT2D eigenvalue weighted by Gasteiger charge is 2.08. The average molecular weight is 348 g/mol. The molecule has 6 heteroatoms. The molecule has 0 aliphatic heterocycles. The first-order valence-corrected chi connectivity index (χ1v) is 7.86. The Balaban J connectivity index is 1.60. The summed E-state index contributed by atoms with van der Waals surface area (Å²) in [5, 5.41) is 2.98. The van der Waals surface area contributed by atoms with Gasteiger partial charge in [-0.05, 0) is 17.7 Å². The summed E-state index contributed by atoms with van der Waals surface area (Å²) in [6, 6.07) is 16.4. The fourth-order valence-corrected chi connectivity index (χ4v) is 2.05. The first-order valence-electron chi connectivity index (χ1n) is 7.49. The lowest BCUT2D eigenvalue weighted by Gasteiger charge is -2.08. The van der Waals surface area contributed by atoms with E-state index in [0.717, 1.165) is 5.56 Å². The van der Waals surface area contributed by atoms with Crippen molar-refractivity contribution >= 4 is 23.5 Å². The predicted molar refractivity (Wildman–Crippen MR) is 90.8 cm³/mol. The lowest BCUT2D eigenvalue weighted by Crippen LogP contribution is -2.31. The molecule has 1 N–H and O–H groups in total. The van der Waals surface area contributed by atoms with Crippen LogP contribution in [0.2, 0.25) is 5.02 Å². The number of carbonyl (C=O) groups excluding carboxylic acids is 2. The van der Waals surface area contributed by atoms with Crippen molar-refractivity contribution in [2.24, 2.45) is 0 Å². The minimum absolute atomic E-state index is 0.122. The van der Waals surface area contributed by atoms with E-state index in [1.807, 2.05) is 30.3 Å². The zero-order valence-corrected chi connectivity index (χ0v) is 13.8. The number of ether oxygens (including phenoxy) is 2. The van der Waals surface area contributed by atoms with Crippen molar-refractivity contribution in [3.63, 3.8) is 0 Å². The van der Waals surface area contributed by atoms with E-state index in [9.17, 15) is 9.59 Å².